The second-order valence-electron chi connectivity index (χ2n) is 3.61. The van der Waals surface area contributed by atoms with Gasteiger partial charge in [-0.1, -0.05) is 6.07 Å². The molecule has 0 aliphatic heterocycles. The van der Waals surface area contributed by atoms with Crippen LogP contribution < -0.4 is 10.6 Å². The molecule has 1 aromatic carbocycles. The molecule has 0 saturated heterocycles. The summed E-state index contributed by atoms with van der Waals surface area (Å²) >= 11 is 0. The Morgan fingerprint density at radius 3 is 2.94 bits per heavy atom. The number of nitrogens with one attached hydrogen (secondary N) is 2. The van der Waals surface area contributed by atoms with Crippen LogP contribution in [0.4, 0.5) is 10.1 Å². The summed E-state index contributed by atoms with van der Waals surface area (Å²) in [6.45, 7) is 2.73. The van der Waals surface area contributed by atoms with Crippen LogP contribution in [-0.4, -0.2) is 32.7 Å². The van der Waals surface area contributed by atoms with Gasteiger partial charge in [-0.2, -0.15) is 0 Å². The Morgan fingerprint density at radius 1 is 1.47 bits per heavy atom. The lowest BCUT2D eigenvalue weighted by Gasteiger charge is -2.10. The molecule has 0 unspecified atom stereocenters. The van der Waals surface area contributed by atoms with Gasteiger partial charge < -0.3 is 15.4 Å². The Balaban J connectivity index is 2.39. The molecular weight excluding hydrogens is 223 g/mol. The number of anilines is 1. The average molecular weight is 240 g/mol. The minimum atomic E-state index is -0.283. The lowest BCUT2D eigenvalue weighted by molar-refractivity contribution is -0.119. The van der Waals surface area contributed by atoms with Gasteiger partial charge in [0.25, 0.3) is 0 Å². The third-order valence-corrected chi connectivity index (χ3v) is 2.34. The Labute approximate surface area is 100 Å². The fraction of sp³-hybridized carbons (Fsp3) is 0.417. The summed E-state index contributed by atoms with van der Waals surface area (Å²) in [6, 6.07) is 4.73. The molecule has 0 aliphatic carbocycles. The summed E-state index contributed by atoms with van der Waals surface area (Å²) in [5.74, 6) is -0.430. The van der Waals surface area contributed by atoms with Crippen LogP contribution in [0.15, 0.2) is 18.2 Å². The maximum absolute atomic E-state index is 13.2. The van der Waals surface area contributed by atoms with Crippen molar-refractivity contribution in [3.05, 3.63) is 29.6 Å². The summed E-state index contributed by atoms with van der Waals surface area (Å²) in [7, 11) is 1.57. The number of amides is 1. The van der Waals surface area contributed by atoms with Crippen molar-refractivity contribution < 1.29 is 13.9 Å². The maximum atomic E-state index is 13.2. The van der Waals surface area contributed by atoms with Gasteiger partial charge in [0.1, 0.15) is 5.82 Å². The van der Waals surface area contributed by atoms with E-state index in [1.807, 2.05) is 0 Å². The number of hydrogen-bond donors (Lipinski definition) is 2. The number of halogens is 1. The van der Waals surface area contributed by atoms with Crippen molar-refractivity contribution >= 4 is 11.6 Å². The number of benzene rings is 1. The molecule has 0 bridgehead atoms. The fourth-order valence-corrected chi connectivity index (χ4v) is 1.33. The number of carbonyl (C=O) groups is 1. The van der Waals surface area contributed by atoms with Crippen LogP contribution in [-0.2, 0) is 9.53 Å². The first-order chi connectivity index (χ1) is 8.15. The van der Waals surface area contributed by atoms with Crippen LogP contribution in [0.25, 0.3) is 0 Å². The summed E-state index contributed by atoms with van der Waals surface area (Å²) < 4.78 is 18.0. The molecule has 0 heterocycles. The van der Waals surface area contributed by atoms with E-state index >= 15 is 0 Å². The van der Waals surface area contributed by atoms with E-state index in [2.05, 4.69) is 10.6 Å². The molecule has 1 aromatic rings. The Hall–Kier alpha value is -1.62. The van der Waals surface area contributed by atoms with Gasteiger partial charge in [-0.15, -0.1) is 0 Å². The summed E-state index contributed by atoms with van der Waals surface area (Å²) in [5, 5.41) is 5.56. The molecule has 94 valence electrons. The van der Waals surface area contributed by atoms with Crippen LogP contribution in [0.3, 0.4) is 0 Å². The third-order valence-electron chi connectivity index (χ3n) is 2.34. The zero-order valence-electron chi connectivity index (χ0n) is 10.0. The van der Waals surface area contributed by atoms with E-state index in [-0.39, 0.29) is 18.3 Å². The van der Waals surface area contributed by atoms with Gasteiger partial charge in [0.05, 0.1) is 13.2 Å². The van der Waals surface area contributed by atoms with E-state index < -0.39 is 0 Å². The van der Waals surface area contributed by atoms with E-state index in [4.69, 9.17) is 4.74 Å². The molecule has 17 heavy (non-hydrogen) atoms. The molecule has 5 heteroatoms. The largest absolute Gasteiger partial charge is 0.383 e. The predicted octanol–water partition coefficient (Wildman–Crippen LogP) is 1.31. The van der Waals surface area contributed by atoms with E-state index in [0.29, 0.717) is 24.4 Å². The monoisotopic (exact) mass is 240 g/mol. The van der Waals surface area contributed by atoms with E-state index in [1.165, 1.54) is 6.07 Å². The first kappa shape index (κ1) is 13.4. The molecule has 4 nitrogen and oxygen atoms in total. The van der Waals surface area contributed by atoms with Gasteiger partial charge in [-0.25, -0.2) is 4.39 Å². The minimum Gasteiger partial charge on any atom is -0.383 e. The molecule has 0 spiro atoms. The van der Waals surface area contributed by atoms with Crippen LogP contribution in [0, 0.1) is 12.7 Å². The Kier molecular flexibility index (Phi) is 5.42. The molecule has 0 fully saturated rings. The van der Waals surface area contributed by atoms with E-state index in [9.17, 15) is 9.18 Å². The van der Waals surface area contributed by atoms with Crippen molar-refractivity contribution in [3.8, 4) is 0 Å². The minimum absolute atomic E-state index is 0.119. The molecule has 0 radical (unpaired) electrons. The first-order valence-corrected chi connectivity index (χ1v) is 5.39. The number of methoxy groups -OCH3 is 1. The van der Waals surface area contributed by atoms with Gasteiger partial charge in [-0.3, -0.25) is 4.79 Å². The van der Waals surface area contributed by atoms with Crippen LogP contribution in [0.1, 0.15) is 5.56 Å². The predicted molar refractivity (Wildman–Crippen MR) is 64.5 cm³/mol. The molecular formula is C12H17FN2O2. The van der Waals surface area contributed by atoms with Gasteiger partial charge in [0.15, 0.2) is 0 Å². The third kappa shape index (κ3) is 4.40. The molecule has 2 N–H and O–H groups in total. The van der Waals surface area contributed by atoms with Crippen molar-refractivity contribution in [2.75, 3.05) is 32.1 Å². The highest BCUT2D eigenvalue weighted by Crippen LogP contribution is 2.16. The topological polar surface area (TPSA) is 50.4 Å². The average Bonchev–Trinajstić information content (AvgIpc) is 2.31. The van der Waals surface area contributed by atoms with Crippen LogP contribution in [0.2, 0.25) is 0 Å². The van der Waals surface area contributed by atoms with E-state index in [0.717, 1.165) is 0 Å². The zero-order chi connectivity index (χ0) is 12.7. The molecule has 1 rings (SSSR count). The van der Waals surface area contributed by atoms with Gasteiger partial charge in [-0.05, 0) is 19.1 Å². The molecule has 1 amide bonds. The number of carbonyl (C=O) groups excluding carboxylic acids is 1. The van der Waals surface area contributed by atoms with Crippen LogP contribution >= 0.6 is 0 Å². The van der Waals surface area contributed by atoms with E-state index in [1.54, 1.807) is 26.2 Å². The highest BCUT2D eigenvalue weighted by Gasteiger charge is 2.05. The second-order valence-corrected chi connectivity index (χ2v) is 3.61. The quantitative estimate of drug-likeness (QED) is 0.737. The van der Waals surface area contributed by atoms with Gasteiger partial charge in [0, 0.05) is 24.9 Å². The smallest absolute Gasteiger partial charge is 0.239 e. The normalized spacial score (nSPS) is 10.1. The number of ether oxygens (including phenoxy) is 1. The standard InChI is InChI=1S/C12H17FN2O2/c1-9-10(13)4-3-5-11(9)15-8-12(16)14-6-7-17-2/h3-5,15H,6-8H2,1-2H3,(H,14,16). The highest BCUT2D eigenvalue weighted by molar-refractivity contribution is 5.80. The molecule has 0 aromatic heterocycles. The number of rotatable bonds is 6. The lowest BCUT2D eigenvalue weighted by Crippen LogP contribution is -2.32. The highest BCUT2D eigenvalue weighted by atomic mass is 19.1. The Morgan fingerprint density at radius 2 is 2.24 bits per heavy atom. The lowest BCUT2D eigenvalue weighted by atomic mass is 10.2. The summed E-state index contributed by atoms with van der Waals surface area (Å²) in [4.78, 5) is 11.4. The SMILES string of the molecule is COCCNC(=O)CNc1cccc(F)c1C. The van der Waals surface area contributed by atoms with Crippen molar-refractivity contribution in [2.24, 2.45) is 0 Å². The Bertz CT molecular complexity index is 383. The fourth-order valence-electron chi connectivity index (χ4n) is 1.33. The van der Waals surface area contributed by atoms with Crippen molar-refractivity contribution in [1.82, 2.24) is 5.32 Å². The maximum Gasteiger partial charge on any atom is 0.239 e. The second kappa shape index (κ2) is 6.85. The first-order valence-electron chi connectivity index (χ1n) is 5.39. The number of hydrogen-bond acceptors (Lipinski definition) is 3. The molecule has 0 atom stereocenters. The van der Waals surface area contributed by atoms with Gasteiger partial charge >= 0.3 is 0 Å². The van der Waals surface area contributed by atoms with Crippen molar-refractivity contribution in [2.45, 2.75) is 6.92 Å². The van der Waals surface area contributed by atoms with Gasteiger partial charge in [0.2, 0.25) is 5.91 Å². The molecule has 0 saturated carbocycles. The van der Waals surface area contributed by atoms with Crippen molar-refractivity contribution in [1.29, 1.82) is 0 Å². The van der Waals surface area contributed by atoms with Crippen LogP contribution in [0.5, 0.6) is 0 Å². The summed E-state index contributed by atoms with van der Waals surface area (Å²) in [6.07, 6.45) is 0. The summed E-state index contributed by atoms with van der Waals surface area (Å²) in [5.41, 5.74) is 1.14. The van der Waals surface area contributed by atoms with Crippen molar-refractivity contribution in [3.63, 3.8) is 0 Å². The molecule has 0 aliphatic rings. The zero-order valence-corrected chi connectivity index (χ0v) is 10.0.